The number of allylic oxidation sites excluding steroid dienone is 4. The molecule has 1 atom stereocenters. The van der Waals surface area contributed by atoms with Gasteiger partial charge in [0, 0.05) is 24.3 Å². The van der Waals surface area contributed by atoms with Gasteiger partial charge in [-0.3, -0.25) is 4.98 Å². The van der Waals surface area contributed by atoms with E-state index in [1.54, 1.807) is 6.33 Å². The van der Waals surface area contributed by atoms with Crippen molar-refractivity contribution < 1.29 is 0 Å². The molecule has 0 amide bonds. The van der Waals surface area contributed by atoms with E-state index in [0.717, 1.165) is 12.2 Å². The molecule has 146 valence electrons. The van der Waals surface area contributed by atoms with Gasteiger partial charge in [-0.25, -0.2) is 9.97 Å². The second kappa shape index (κ2) is 6.56. The summed E-state index contributed by atoms with van der Waals surface area (Å²) in [6.07, 6.45) is 15.8. The van der Waals surface area contributed by atoms with Crippen molar-refractivity contribution in [2.24, 2.45) is 0 Å². The Morgan fingerprint density at radius 2 is 1.63 bits per heavy atom. The van der Waals surface area contributed by atoms with Crippen molar-refractivity contribution in [1.82, 2.24) is 19.9 Å². The van der Waals surface area contributed by atoms with Crippen LogP contribution in [-0.4, -0.2) is 32.6 Å². The quantitative estimate of drug-likeness (QED) is 0.648. The van der Waals surface area contributed by atoms with Gasteiger partial charge in [-0.2, -0.15) is 0 Å². The third kappa shape index (κ3) is 2.47. The Morgan fingerprint density at radius 1 is 0.900 bits per heavy atom. The first-order valence-corrected chi connectivity index (χ1v) is 10.0. The van der Waals surface area contributed by atoms with Gasteiger partial charge in [0.1, 0.15) is 12.5 Å². The second-order valence-corrected chi connectivity index (χ2v) is 7.58. The van der Waals surface area contributed by atoms with E-state index in [9.17, 15) is 0 Å². The van der Waals surface area contributed by atoms with Gasteiger partial charge in [-0.15, -0.1) is 0 Å². The number of anilines is 3. The summed E-state index contributed by atoms with van der Waals surface area (Å²) in [7, 11) is 0. The number of benzene rings is 1. The number of para-hydroxylation sites is 2. The molecule has 1 aromatic carbocycles. The van der Waals surface area contributed by atoms with E-state index in [0.29, 0.717) is 0 Å². The summed E-state index contributed by atoms with van der Waals surface area (Å²) in [5, 5.41) is 0. The molecular formula is C24H20N6. The van der Waals surface area contributed by atoms with Gasteiger partial charge < -0.3 is 14.7 Å². The van der Waals surface area contributed by atoms with Gasteiger partial charge in [0.2, 0.25) is 0 Å². The minimum Gasteiger partial charge on any atom is -0.343 e. The van der Waals surface area contributed by atoms with Gasteiger partial charge >= 0.3 is 0 Å². The zero-order valence-corrected chi connectivity index (χ0v) is 16.6. The lowest BCUT2D eigenvalue weighted by molar-refractivity contribution is 0.395. The molecule has 3 aromatic rings. The zero-order valence-electron chi connectivity index (χ0n) is 16.6. The first kappa shape index (κ1) is 17.0. The molecule has 1 unspecified atom stereocenters. The Kier molecular flexibility index (Phi) is 3.71. The maximum atomic E-state index is 4.26. The highest BCUT2D eigenvalue weighted by Gasteiger charge is 2.42. The van der Waals surface area contributed by atoms with E-state index in [-0.39, 0.29) is 6.17 Å². The molecule has 0 saturated carbocycles. The predicted molar refractivity (Wildman–Crippen MR) is 118 cm³/mol. The normalized spacial score (nSPS) is 19.4. The van der Waals surface area contributed by atoms with Crippen LogP contribution in [-0.2, 0) is 0 Å². The molecule has 3 aliphatic rings. The van der Waals surface area contributed by atoms with E-state index in [1.165, 1.54) is 33.9 Å². The van der Waals surface area contributed by atoms with Crippen molar-refractivity contribution in [3.8, 4) is 0 Å². The van der Waals surface area contributed by atoms with Crippen LogP contribution in [0.1, 0.15) is 12.5 Å². The largest absolute Gasteiger partial charge is 0.343 e. The average Bonchev–Trinajstić information content (AvgIpc) is 3.14. The van der Waals surface area contributed by atoms with Crippen molar-refractivity contribution in [1.29, 1.82) is 0 Å². The van der Waals surface area contributed by atoms with Crippen LogP contribution in [0.25, 0.3) is 5.57 Å². The number of hydrogen-bond donors (Lipinski definition) is 0. The summed E-state index contributed by atoms with van der Waals surface area (Å²) in [5.41, 5.74) is 8.22. The standard InChI is InChI=1S/C24H20N6/c1-17-23-12-19(18-6-9-25-10-7-18)8-11-28(23)15-24-29(17)21-4-2-3-5-22(21)30(24)20-13-26-16-27-14-20/h2-14,16,24H,15H2,1H3. The second-order valence-electron chi connectivity index (χ2n) is 7.58. The number of pyridine rings is 1. The summed E-state index contributed by atoms with van der Waals surface area (Å²) in [5.74, 6) is 0. The Balaban J connectivity index is 1.49. The van der Waals surface area contributed by atoms with Crippen molar-refractivity contribution in [2.75, 3.05) is 16.3 Å². The number of hydrogen-bond acceptors (Lipinski definition) is 6. The van der Waals surface area contributed by atoms with Crippen LogP contribution in [0.4, 0.5) is 17.1 Å². The molecule has 0 radical (unpaired) electrons. The van der Waals surface area contributed by atoms with Crippen LogP contribution in [0.15, 0.2) is 97.3 Å². The number of nitrogens with zero attached hydrogens (tertiary/aromatic N) is 6. The fourth-order valence-electron chi connectivity index (χ4n) is 4.63. The molecule has 0 bridgehead atoms. The van der Waals surface area contributed by atoms with E-state index in [2.05, 4.69) is 91.3 Å². The van der Waals surface area contributed by atoms with Crippen LogP contribution in [0.5, 0.6) is 0 Å². The van der Waals surface area contributed by atoms with Crippen LogP contribution >= 0.6 is 0 Å². The summed E-state index contributed by atoms with van der Waals surface area (Å²) >= 11 is 0. The molecule has 6 heteroatoms. The maximum Gasteiger partial charge on any atom is 0.129 e. The number of aromatic nitrogens is 3. The number of rotatable bonds is 2. The zero-order chi connectivity index (χ0) is 20.1. The third-order valence-corrected chi connectivity index (χ3v) is 5.96. The monoisotopic (exact) mass is 392 g/mol. The Labute approximate surface area is 175 Å². The van der Waals surface area contributed by atoms with Gasteiger partial charge in [0.05, 0.1) is 41.7 Å². The molecule has 30 heavy (non-hydrogen) atoms. The van der Waals surface area contributed by atoms with Gasteiger partial charge in [-0.1, -0.05) is 12.1 Å². The lowest BCUT2D eigenvalue weighted by Gasteiger charge is -2.43. The average molecular weight is 392 g/mol. The van der Waals surface area contributed by atoms with E-state index < -0.39 is 0 Å². The molecule has 0 fully saturated rings. The topological polar surface area (TPSA) is 48.4 Å². The summed E-state index contributed by atoms with van der Waals surface area (Å²) in [6, 6.07) is 12.7. The lowest BCUT2D eigenvalue weighted by Crippen LogP contribution is -2.51. The lowest BCUT2D eigenvalue weighted by atomic mass is 10.0. The van der Waals surface area contributed by atoms with Gasteiger partial charge in [0.15, 0.2) is 0 Å². The SMILES string of the molecule is CC1=C2C=C(c3ccncc3)C=CN2CC2N1c1ccccc1N2c1cncnc1. The maximum absolute atomic E-state index is 4.26. The number of fused-ring (bicyclic) bond motifs is 4. The van der Waals surface area contributed by atoms with Crippen molar-refractivity contribution in [3.05, 3.63) is 103 Å². The van der Waals surface area contributed by atoms with Gasteiger partial charge in [-0.05, 0) is 54.5 Å². The molecule has 2 aromatic heterocycles. The molecular weight excluding hydrogens is 372 g/mol. The minimum absolute atomic E-state index is 0.137. The molecule has 6 nitrogen and oxygen atoms in total. The van der Waals surface area contributed by atoms with Crippen molar-refractivity contribution >= 4 is 22.6 Å². The molecule has 0 aliphatic carbocycles. The van der Waals surface area contributed by atoms with Crippen molar-refractivity contribution in [2.45, 2.75) is 13.1 Å². The molecule has 0 saturated heterocycles. The molecule has 3 aliphatic heterocycles. The molecule has 5 heterocycles. The molecule has 0 N–H and O–H groups in total. The highest BCUT2D eigenvalue weighted by Crippen LogP contribution is 2.48. The fourth-order valence-corrected chi connectivity index (χ4v) is 4.63. The van der Waals surface area contributed by atoms with Crippen LogP contribution < -0.4 is 9.80 Å². The molecule has 0 spiro atoms. The minimum atomic E-state index is 0.137. The van der Waals surface area contributed by atoms with Crippen LogP contribution in [0.3, 0.4) is 0 Å². The van der Waals surface area contributed by atoms with E-state index in [1.807, 2.05) is 24.8 Å². The highest BCUT2D eigenvalue weighted by molar-refractivity contribution is 5.86. The highest BCUT2D eigenvalue weighted by atomic mass is 15.5. The summed E-state index contributed by atoms with van der Waals surface area (Å²) in [4.78, 5) is 19.8. The smallest absolute Gasteiger partial charge is 0.129 e. The predicted octanol–water partition coefficient (Wildman–Crippen LogP) is 4.31. The fraction of sp³-hybridized carbons (Fsp3) is 0.125. The van der Waals surface area contributed by atoms with E-state index >= 15 is 0 Å². The van der Waals surface area contributed by atoms with Crippen LogP contribution in [0, 0.1) is 0 Å². The summed E-state index contributed by atoms with van der Waals surface area (Å²) in [6.45, 7) is 3.04. The first-order chi connectivity index (χ1) is 14.8. The van der Waals surface area contributed by atoms with Crippen molar-refractivity contribution in [3.63, 3.8) is 0 Å². The van der Waals surface area contributed by atoms with Gasteiger partial charge in [0.25, 0.3) is 0 Å². The molecule has 6 rings (SSSR count). The van der Waals surface area contributed by atoms with Crippen LogP contribution in [0.2, 0.25) is 0 Å². The third-order valence-electron chi connectivity index (χ3n) is 5.96. The summed E-state index contributed by atoms with van der Waals surface area (Å²) < 4.78 is 0. The Hall–Kier alpha value is -3.93. The first-order valence-electron chi connectivity index (χ1n) is 10.0. The Bertz CT molecular complexity index is 1200. The van der Waals surface area contributed by atoms with E-state index in [4.69, 9.17) is 0 Å². The Morgan fingerprint density at radius 3 is 2.40 bits per heavy atom.